The second kappa shape index (κ2) is 9.83. The summed E-state index contributed by atoms with van der Waals surface area (Å²) in [6.07, 6.45) is -0.487. The molecular formula is C20H27Cl3F3N5. The van der Waals surface area contributed by atoms with E-state index in [0.29, 0.717) is 23.8 Å². The lowest BCUT2D eigenvalue weighted by molar-refractivity contribution is -0.149. The van der Waals surface area contributed by atoms with Gasteiger partial charge in [-0.05, 0) is 50.3 Å². The summed E-state index contributed by atoms with van der Waals surface area (Å²) in [5, 5.41) is 7.87. The zero-order valence-corrected chi connectivity index (χ0v) is 19.5. The Labute approximate surface area is 197 Å². The second-order valence-corrected chi connectivity index (χ2v) is 8.74. The molecule has 1 aliphatic carbocycles. The number of nitrogens with two attached hydrogens (primary N) is 1. The van der Waals surface area contributed by atoms with Crippen LogP contribution in [0.3, 0.4) is 0 Å². The number of benzene rings is 1. The summed E-state index contributed by atoms with van der Waals surface area (Å²) in [6.45, 7) is 2.76. The highest BCUT2D eigenvalue weighted by Crippen LogP contribution is 2.42. The van der Waals surface area contributed by atoms with Gasteiger partial charge in [0.05, 0.1) is 6.67 Å². The highest BCUT2D eigenvalue weighted by Gasteiger charge is 2.43. The van der Waals surface area contributed by atoms with Crippen molar-refractivity contribution < 1.29 is 13.2 Å². The Kier molecular flexibility index (Phi) is 8.31. The molecule has 1 atom stereocenters. The molecule has 4 rings (SSSR count). The fraction of sp³-hybridized carbons (Fsp3) is 0.600. The van der Waals surface area contributed by atoms with Crippen molar-refractivity contribution >= 4 is 36.4 Å². The molecule has 0 spiro atoms. The Hall–Kier alpha value is -1.06. The van der Waals surface area contributed by atoms with Crippen molar-refractivity contribution in [3.63, 3.8) is 0 Å². The second-order valence-electron chi connectivity index (χ2n) is 8.30. The van der Waals surface area contributed by atoms with Crippen LogP contribution in [0.1, 0.15) is 49.8 Å². The smallest absolute Gasteiger partial charge is 0.330 e. The first-order chi connectivity index (χ1) is 13.7. The van der Waals surface area contributed by atoms with E-state index in [1.807, 2.05) is 25.1 Å². The van der Waals surface area contributed by atoms with Crippen LogP contribution < -0.4 is 5.73 Å². The quantitative estimate of drug-likeness (QED) is 0.655. The lowest BCUT2D eigenvalue weighted by atomic mass is 9.68. The number of halogens is 6. The van der Waals surface area contributed by atoms with Gasteiger partial charge in [0.25, 0.3) is 0 Å². The van der Waals surface area contributed by atoms with E-state index in [1.165, 1.54) is 4.57 Å². The standard InChI is InChI=1S/C20H25ClF3N5.2ClH/c1-13-9-17-26-27-18(20(22,23)24)29(17)12-28(13)16-5-7-19(11-25,8-6-16)14-3-2-4-15(21)10-14;;/h2-4,10,13,16H,5-9,11-12,25H2,1H3;2*1H. The first kappa shape index (κ1) is 26.2. The minimum atomic E-state index is -4.49. The van der Waals surface area contributed by atoms with Crippen molar-refractivity contribution in [2.45, 2.75) is 69.4 Å². The SMILES string of the molecule is CC1Cc2nnc(C(F)(F)F)n2CN1C1CCC(CN)(c2cccc(Cl)c2)CC1.Cl.Cl. The van der Waals surface area contributed by atoms with Crippen molar-refractivity contribution in [3.05, 3.63) is 46.5 Å². The summed E-state index contributed by atoms with van der Waals surface area (Å²) in [4.78, 5) is 2.17. The molecule has 2 aromatic rings. The predicted octanol–water partition coefficient (Wildman–Crippen LogP) is 4.84. The Morgan fingerprint density at radius 1 is 1.19 bits per heavy atom. The number of hydrogen-bond donors (Lipinski definition) is 1. The van der Waals surface area contributed by atoms with Crippen LogP contribution in [0.15, 0.2) is 24.3 Å². The maximum absolute atomic E-state index is 13.3. The van der Waals surface area contributed by atoms with Crippen LogP contribution >= 0.6 is 36.4 Å². The molecule has 1 fully saturated rings. The third-order valence-electron chi connectivity index (χ3n) is 6.64. The summed E-state index contributed by atoms with van der Waals surface area (Å²) in [5.41, 5.74) is 7.21. The van der Waals surface area contributed by atoms with E-state index >= 15 is 0 Å². The number of rotatable bonds is 3. The Balaban J connectivity index is 0.00000171. The first-order valence-corrected chi connectivity index (χ1v) is 10.3. The third kappa shape index (κ3) is 4.98. The predicted molar refractivity (Wildman–Crippen MR) is 119 cm³/mol. The van der Waals surface area contributed by atoms with E-state index in [1.54, 1.807) is 0 Å². The van der Waals surface area contributed by atoms with Crippen molar-refractivity contribution in [2.24, 2.45) is 5.73 Å². The van der Waals surface area contributed by atoms with E-state index in [4.69, 9.17) is 17.3 Å². The Bertz CT molecular complexity index is 881. The molecule has 1 aromatic carbocycles. The monoisotopic (exact) mass is 499 g/mol. The molecule has 2 N–H and O–H groups in total. The van der Waals surface area contributed by atoms with Gasteiger partial charge in [-0.15, -0.1) is 35.0 Å². The minimum Gasteiger partial charge on any atom is -0.330 e. The van der Waals surface area contributed by atoms with Gasteiger partial charge in [0.2, 0.25) is 5.82 Å². The normalized spacial score (nSPS) is 26.5. The van der Waals surface area contributed by atoms with E-state index in [2.05, 4.69) is 21.2 Å². The zero-order valence-electron chi connectivity index (χ0n) is 17.1. The molecule has 0 saturated heterocycles. The third-order valence-corrected chi connectivity index (χ3v) is 6.87. The molecule has 2 aliphatic rings. The summed E-state index contributed by atoms with van der Waals surface area (Å²) < 4.78 is 41.1. The fourth-order valence-electron chi connectivity index (χ4n) is 4.92. The maximum Gasteiger partial charge on any atom is 0.451 e. The van der Waals surface area contributed by atoms with Gasteiger partial charge in [-0.25, -0.2) is 0 Å². The highest BCUT2D eigenvalue weighted by atomic mass is 35.5. The number of hydrogen-bond acceptors (Lipinski definition) is 4. The number of nitrogens with zero attached hydrogens (tertiary/aromatic N) is 4. The molecule has 1 aliphatic heterocycles. The highest BCUT2D eigenvalue weighted by molar-refractivity contribution is 6.30. The van der Waals surface area contributed by atoms with Gasteiger partial charge in [0.15, 0.2) is 0 Å². The molecule has 174 valence electrons. The van der Waals surface area contributed by atoms with Crippen molar-refractivity contribution in [1.82, 2.24) is 19.7 Å². The van der Waals surface area contributed by atoms with E-state index in [-0.39, 0.29) is 49.0 Å². The first-order valence-electron chi connectivity index (χ1n) is 9.95. The van der Waals surface area contributed by atoms with Crippen LogP contribution in [0.25, 0.3) is 0 Å². The van der Waals surface area contributed by atoms with Crippen LogP contribution in [0, 0.1) is 0 Å². The molecule has 31 heavy (non-hydrogen) atoms. The number of alkyl halides is 3. The number of fused-ring (bicyclic) bond motifs is 1. The molecule has 2 heterocycles. The van der Waals surface area contributed by atoms with Crippen molar-refractivity contribution in [1.29, 1.82) is 0 Å². The van der Waals surface area contributed by atoms with Crippen molar-refractivity contribution in [3.8, 4) is 0 Å². The summed E-state index contributed by atoms with van der Waals surface area (Å²) in [7, 11) is 0. The Morgan fingerprint density at radius 3 is 2.45 bits per heavy atom. The lowest BCUT2D eigenvalue weighted by Crippen LogP contribution is -2.51. The summed E-state index contributed by atoms with van der Waals surface area (Å²) >= 11 is 6.19. The van der Waals surface area contributed by atoms with Crippen LogP contribution in [0.4, 0.5) is 13.2 Å². The summed E-state index contributed by atoms with van der Waals surface area (Å²) in [6, 6.07) is 8.18. The molecule has 0 radical (unpaired) electrons. The summed E-state index contributed by atoms with van der Waals surface area (Å²) in [5.74, 6) is -0.498. The van der Waals surface area contributed by atoms with E-state index < -0.39 is 12.0 Å². The van der Waals surface area contributed by atoms with E-state index in [0.717, 1.165) is 31.2 Å². The van der Waals surface area contributed by atoms with Crippen LogP contribution in [-0.2, 0) is 24.7 Å². The maximum atomic E-state index is 13.3. The zero-order chi connectivity index (χ0) is 20.8. The van der Waals surface area contributed by atoms with Crippen LogP contribution in [0.5, 0.6) is 0 Å². The lowest BCUT2D eigenvalue weighted by Gasteiger charge is -2.46. The van der Waals surface area contributed by atoms with Gasteiger partial charge in [0.1, 0.15) is 5.82 Å². The van der Waals surface area contributed by atoms with Crippen LogP contribution in [0.2, 0.25) is 5.02 Å². The van der Waals surface area contributed by atoms with Crippen molar-refractivity contribution in [2.75, 3.05) is 6.54 Å². The van der Waals surface area contributed by atoms with Gasteiger partial charge < -0.3 is 5.73 Å². The van der Waals surface area contributed by atoms with Gasteiger partial charge in [0, 0.05) is 35.5 Å². The fourth-order valence-corrected chi connectivity index (χ4v) is 5.11. The largest absolute Gasteiger partial charge is 0.451 e. The van der Waals surface area contributed by atoms with Gasteiger partial charge in [-0.1, -0.05) is 23.7 Å². The number of aromatic nitrogens is 3. The molecule has 0 amide bonds. The van der Waals surface area contributed by atoms with Crippen LogP contribution in [-0.4, -0.2) is 38.3 Å². The van der Waals surface area contributed by atoms with Gasteiger partial charge in [-0.3, -0.25) is 9.47 Å². The molecule has 0 bridgehead atoms. The molecule has 5 nitrogen and oxygen atoms in total. The molecule has 1 aromatic heterocycles. The van der Waals surface area contributed by atoms with Gasteiger partial charge >= 0.3 is 6.18 Å². The average molecular weight is 501 g/mol. The molecule has 1 saturated carbocycles. The average Bonchev–Trinajstić information content (AvgIpc) is 3.10. The topological polar surface area (TPSA) is 60.0 Å². The Morgan fingerprint density at radius 2 is 1.87 bits per heavy atom. The molecule has 1 unspecified atom stereocenters. The van der Waals surface area contributed by atoms with E-state index in [9.17, 15) is 13.2 Å². The molecular weight excluding hydrogens is 474 g/mol. The minimum absolute atomic E-state index is 0. The van der Waals surface area contributed by atoms with Gasteiger partial charge in [-0.2, -0.15) is 13.2 Å². The molecule has 11 heteroatoms.